The molecule has 0 aliphatic carbocycles. The van der Waals surface area contributed by atoms with Crippen molar-refractivity contribution in [2.24, 2.45) is 7.05 Å². The van der Waals surface area contributed by atoms with Gasteiger partial charge in [-0.1, -0.05) is 25.0 Å². The molecule has 11 heteroatoms. The van der Waals surface area contributed by atoms with Crippen molar-refractivity contribution < 1.29 is 34.1 Å². The van der Waals surface area contributed by atoms with Gasteiger partial charge in [-0.25, -0.2) is 0 Å². The Bertz CT molecular complexity index is 1210. The molecule has 2 N–H and O–H groups in total. The number of hydrogen-bond donors (Lipinski definition) is 2. The van der Waals surface area contributed by atoms with Crippen LogP contribution in [-0.4, -0.2) is 100 Å². The van der Waals surface area contributed by atoms with Gasteiger partial charge in [-0.3, -0.25) is 24.1 Å². The smallest absolute Gasteiger partial charge is 0.303 e. The molecule has 2 fully saturated rings. The molecule has 43 heavy (non-hydrogen) atoms. The number of carboxylic acid groups (broad SMARTS) is 2. The molecule has 2 aliphatic heterocycles. The number of carbonyl (C=O) groups excluding carboxylic acids is 2. The topological polar surface area (TPSA) is 133 Å². The van der Waals surface area contributed by atoms with E-state index in [0.29, 0.717) is 18.8 Å². The van der Waals surface area contributed by atoms with E-state index in [9.17, 15) is 19.2 Å². The van der Waals surface area contributed by atoms with Gasteiger partial charge in [0.05, 0.1) is 30.3 Å². The first-order valence-corrected chi connectivity index (χ1v) is 15.2. The third kappa shape index (κ3) is 10.4. The lowest BCUT2D eigenvalue weighted by atomic mass is 10.2. The van der Waals surface area contributed by atoms with Crippen LogP contribution in [0, 0.1) is 0 Å². The van der Waals surface area contributed by atoms with Crippen molar-refractivity contribution in [2.75, 3.05) is 50.7 Å². The zero-order chi connectivity index (χ0) is 31.4. The Morgan fingerprint density at radius 1 is 0.814 bits per heavy atom. The van der Waals surface area contributed by atoms with Gasteiger partial charge in [0.2, 0.25) is 0 Å². The summed E-state index contributed by atoms with van der Waals surface area (Å²) in [7, 11) is 1.90. The van der Waals surface area contributed by atoms with Crippen LogP contribution >= 0.6 is 0 Å². The minimum atomic E-state index is -1.08. The number of para-hydroxylation sites is 2. The average Bonchev–Trinajstić information content (AvgIpc) is 3.16. The number of Topliss-reactive ketones (excluding diaryl/α,β-unsaturated/α-hetero) is 1. The number of piperazine rings is 1. The van der Waals surface area contributed by atoms with Gasteiger partial charge in [0.25, 0.3) is 11.7 Å². The Labute approximate surface area is 254 Å². The van der Waals surface area contributed by atoms with Crippen LogP contribution in [0.2, 0.25) is 0 Å². The number of likely N-dealkylation sites (tertiary alicyclic amines) is 1. The van der Waals surface area contributed by atoms with Crippen LogP contribution in [0.25, 0.3) is 0 Å². The SMILES string of the molecule is CC(C)Oc1ccccc1N1CCN(CCc2ccc(C(=O)C(=O)N3CCCCCC3)n2C)CC1.O=C(O)CCC(=O)O. The molecular weight excluding hydrogens is 552 g/mol. The molecule has 0 bridgehead atoms. The highest BCUT2D eigenvalue weighted by Gasteiger charge is 2.26. The van der Waals surface area contributed by atoms with Crippen molar-refractivity contribution >= 4 is 29.3 Å². The number of anilines is 1. The van der Waals surface area contributed by atoms with Crippen LogP contribution < -0.4 is 9.64 Å². The summed E-state index contributed by atoms with van der Waals surface area (Å²) in [6.45, 7) is 10.3. The van der Waals surface area contributed by atoms with Crippen molar-refractivity contribution in [1.82, 2.24) is 14.4 Å². The maximum absolute atomic E-state index is 12.9. The zero-order valence-electron chi connectivity index (χ0n) is 25.7. The van der Waals surface area contributed by atoms with Crippen LogP contribution in [0.1, 0.15) is 68.6 Å². The number of aliphatic carboxylic acids is 2. The van der Waals surface area contributed by atoms with E-state index in [0.717, 1.165) is 76.3 Å². The monoisotopic (exact) mass is 598 g/mol. The van der Waals surface area contributed by atoms with E-state index in [4.69, 9.17) is 14.9 Å². The molecule has 3 heterocycles. The fourth-order valence-electron chi connectivity index (χ4n) is 5.33. The van der Waals surface area contributed by atoms with Crippen molar-refractivity contribution in [3.05, 3.63) is 47.8 Å². The molecule has 1 aromatic heterocycles. The van der Waals surface area contributed by atoms with E-state index in [2.05, 4.69) is 35.8 Å². The highest BCUT2D eigenvalue weighted by molar-refractivity contribution is 6.42. The lowest BCUT2D eigenvalue weighted by molar-refractivity contribution is -0.143. The molecule has 4 rings (SSSR count). The van der Waals surface area contributed by atoms with E-state index in [1.54, 1.807) is 4.90 Å². The number of benzene rings is 1. The number of aromatic nitrogens is 1. The maximum Gasteiger partial charge on any atom is 0.303 e. The number of rotatable bonds is 11. The summed E-state index contributed by atoms with van der Waals surface area (Å²) in [6, 6.07) is 12.1. The number of nitrogens with zero attached hydrogens (tertiary/aromatic N) is 4. The number of ether oxygens (including phenoxy) is 1. The van der Waals surface area contributed by atoms with Gasteiger partial charge < -0.3 is 29.3 Å². The number of carbonyl (C=O) groups is 4. The van der Waals surface area contributed by atoms with E-state index >= 15 is 0 Å². The van der Waals surface area contributed by atoms with Gasteiger partial charge in [-0.05, 0) is 51.0 Å². The highest BCUT2D eigenvalue weighted by atomic mass is 16.5. The first-order chi connectivity index (χ1) is 20.6. The van der Waals surface area contributed by atoms with Gasteiger partial charge >= 0.3 is 11.9 Å². The van der Waals surface area contributed by atoms with Gasteiger partial charge in [-0.15, -0.1) is 0 Å². The standard InChI is InChI=1S/C28H40N4O3.C4H6O4/c1-22(2)35-26-11-7-6-10-24(26)31-20-18-30(19-21-31)17-14-23-12-13-25(29(23)3)27(33)28(34)32-15-8-4-5-9-16-32;5-3(6)1-2-4(7)8/h6-7,10-13,22H,4-5,8-9,14-21H2,1-3H3;1-2H2,(H,5,6)(H,7,8). The average molecular weight is 599 g/mol. The minimum absolute atomic E-state index is 0.152. The first kappa shape index (κ1) is 33.6. The van der Waals surface area contributed by atoms with Gasteiger partial charge in [-0.2, -0.15) is 0 Å². The second-order valence-electron chi connectivity index (χ2n) is 11.3. The molecule has 0 saturated carbocycles. The Hall–Kier alpha value is -3.86. The molecule has 0 radical (unpaired) electrons. The summed E-state index contributed by atoms with van der Waals surface area (Å²) < 4.78 is 7.93. The van der Waals surface area contributed by atoms with E-state index in [1.807, 2.05) is 35.9 Å². The lowest BCUT2D eigenvalue weighted by Gasteiger charge is -2.37. The predicted molar refractivity (Wildman–Crippen MR) is 164 cm³/mol. The van der Waals surface area contributed by atoms with E-state index in [-0.39, 0.29) is 30.6 Å². The van der Waals surface area contributed by atoms with Gasteiger partial charge in [0, 0.05) is 65.0 Å². The third-order valence-corrected chi connectivity index (χ3v) is 7.72. The van der Waals surface area contributed by atoms with Crippen LogP contribution in [0.15, 0.2) is 36.4 Å². The normalized spacial score (nSPS) is 15.8. The summed E-state index contributed by atoms with van der Waals surface area (Å²) >= 11 is 0. The number of hydrogen-bond acceptors (Lipinski definition) is 7. The second kappa shape index (κ2) is 16.7. The highest BCUT2D eigenvalue weighted by Crippen LogP contribution is 2.29. The summed E-state index contributed by atoms with van der Waals surface area (Å²) in [6.07, 6.45) is 4.66. The molecular formula is C32H46N4O7. The maximum atomic E-state index is 12.9. The van der Waals surface area contributed by atoms with Crippen LogP contribution in [0.4, 0.5) is 5.69 Å². The molecule has 1 aromatic carbocycles. The summed E-state index contributed by atoms with van der Waals surface area (Å²) in [5.41, 5.74) is 2.76. The van der Waals surface area contributed by atoms with Crippen molar-refractivity contribution in [1.29, 1.82) is 0 Å². The van der Waals surface area contributed by atoms with Gasteiger partial charge in [0.1, 0.15) is 5.75 Å². The Balaban J connectivity index is 0.000000557. The molecule has 0 unspecified atom stereocenters. The quantitative estimate of drug-likeness (QED) is 0.293. The molecule has 2 aromatic rings. The summed E-state index contributed by atoms with van der Waals surface area (Å²) in [5.74, 6) is -1.93. The van der Waals surface area contributed by atoms with Crippen LogP contribution in [0.3, 0.4) is 0 Å². The van der Waals surface area contributed by atoms with Crippen molar-refractivity contribution in [2.45, 2.75) is 64.9 Å². The van der Waals surface area contributed by atoms with Crippen molar-refractivity contribution in [3.63, 3.8) is 0 Å². The minimum Gasteiger partial charge on any atom is -0.489 e. The van der Waals surface area contributed by atoms with E-state index in [1.165, 1.54) is 5.69 Å². The van der Waals surface area contributed by atoms with Gasteiger partial charge in [0.15, 0.2) is 0 Å². The first-order valence-electron chi connectivity index (χ1n) is 15.2. The van der Waals surface area contributed by atoms with Crippen LogP contribution in [0.5, 0.6) is 5.75 Å². The third-order valence-electron chi connectivity index (χ3n) is 7.72. The Morgan fingerprint density at radius 3 is 2.00 bits per heavy atom. The molecule has 1 amide bonds. The Kier molecular flexibility index (Phi) is 13.1. The largest absolute Gasteiger partial charge is 0.489 e. The number of amides is 1. The number of carboxylic acids is 2. The lowest BCUT2D eigenvalue weighted by Crippen LogP contribution is -2.47. The fraction of sp³-hybridized carbons (Fsp3) is 0.562. The fourth-order valence-corrected chi connectivity index (χ4v) is 5.33. The predicted octanol–water partition coefficient (Wildman–Crippen LogP) is 3.70. The Morgan fingerprint density at radius 2 is 1.42 bits per heavy atom. The molecule has 0 atom stereocenters. The molecule has 2 saturated heterocycles. The van der Waals surface area contributed by atoms with Crippen molar-refractivity contribution in [3.8, 4) is 5.75 Å². The molecule has 0 spiro atoms. The summed E-state index contributed by atoms with van der Waals surface area (Å²) in [5, 5.41) is 15.8. The molecule has 11 nitrogen and oxygen atoms in total. The second-order valence-corrected chi connectivity index (χ2v) is 11.3. The van der Waals surface area contributed by atoms with Crippen LogP contribution in [-0.2, 0) is 27.9 Å². The molecule has 236 valence electrons. The van der Waals surface area contributed by atoms with E-state index < -0.39 is 11.9 Å². The molecule has 2 aliphatic rings. The summed E-state index contributed by atoms with van der Waals surface area (Å²) in [4.78, 5) is 51.6. The number of ketones is 1. The zero-order valence-corrected chi connectivity index (χ0v) is 25.7.